The summed E-state index contributed by atoms with van der Waals surface area (Å²) in [5.74, 6) is -6.49. The van der Waals surface area contributed by atoms with Gasteiger partial charge in [0, 0.05) is 12.8 Å². The molecule has 0 fully saturated rings. The van der Waals surface area contributed by atoms with Gasteiger partial charge in [-0.25, -0.2) is 4.79 Å². The van der Waals surface area contributed by atoms with E-state index in [0.29, 0.717) is 6.92 Å². The Kier molecular flexibility index (Phi) is 8.46. The molecule has 0 radical (unpaired) electrons. The Morgan fingerprint density at radius 2 is 1.54 bits per heavy atom. The van der Waals surface area contributed by atoms with Crippen LogP contribution in [0.1, 0.15) is 19.8 Å². The van der Waals surface area contributed by atoms with Gasteiger partial charge in [-0.2, -0.15) is 39.2 Å². The van der Waals surface area contributed by atoms with Crippen molar-refractivity contribution in [2.45, 2.75) is 42.7 Å². The van der Waals surface area contributed by atoms with E-state index in [-0.39, 0.29) is 0 Å². The van der Waals surface area contributed by atoms with E-state index in [9.17, 15) is 43.9 Å². The first-order chi connectivity index (χ1) is 12.3. The van der Waals surface area contributed by atoms with Crippen LogP contribution in [0.4, 0.5) is 30.7 Å². The third kappa shape index (κ3) is 6.86. The number of rotatable bonds is 11. The highest BCUT2D eigenvalue weighted by Crippen LogP contribution is 2.40. The third-order valence-electron chi connectivity index (χ3n) is 3.31. The summed E-state index contributed by atoms with van der Waals surface area (Å²) in [4.78, 5) is 11.4. The lowest BCUT2D eigenvalue weighted by Crippen LogP contribution is -2.47. The Labute approximate surface area is 154 Å². The van der Waals surface area contributed by atoms with Crippen molar-refractivity contribution in [1.82, 2.24) is 0 Å². The van der Waals surface area contributed by atoms with Crippen molar-refractivity contribution in [3.63, 3.8) is 0 Å². The van der Waals surface area contributed by atoms with Crippen LogP contribution < -0.4 is 0 Å². The Balaban J connectivity index is 4.41. The van der Waals surface area contributed by atoms with Crippen LogP contribution in [0.15, 0.2) is 12.2 Å². The van der Waals surface area contributed by atoms with Crippen LogP contribution in [0.5, 0.6) is 0 Å². The molecular weight excluding hydrogens is 433 g/mol. The SMILES string of the molecule is C=C(COCCC(F)(F)C(F)(F)S(=O)(=O)O)C(=O)OCCC(C)(O)C(F)(F)F. The molecule has 0 aromatic carbocycles. The molecule has 0 heterocycles. The number of alkyl halides is 7. The summed E-state index contributed by atoms with van der Waals surface area (Å²) in [7, 11) is -6.39. The van der Waals surface area contributed by atoms with E-state index in [2.05, 4.69) is 16.1 Å². The number of aliphatic hydroxyl groups is 1. The Morgan fingerprint density at radius 3 is 1.96 bits per heavy atom. The molecule has 0 aliphatic rings. The van der Waals surface area contributed by atoms with Gasteiger partial charge in [-0.15, -0.1) is 0 Å². The monoisotopic (exact) mass is 450 g/mol. The number of carbonyl (C=O) groups is 1. The molecule has 15 heteroatoms. The predicted molar refractivity (Wildman–Crippen MR) is 78.3 cm³/mol. The van der Waals surface area contributed by atoms with Crippen molar-refractivity contribution in [2.24, 2.45) is 0 Å². The lowest BCUT2D eigenvalue weighted by molar-refractivity contribution is -0.257. The Hall–Kier alpha value is -1.45. The average molecular weight is 450 g/mol. The minimum absolute atomic E-state index is 0.446. The number of hydrogen-bond donors (Lipinski definition) is 2. The summed E-state index contributed by atoms with van der Waals surface area (Å²) in [6, 6.07) is 0. The van der Waals surface area contributed by atoms with Crippen molar-refractivity contribution in [3.8, 4) is 0 Å². The normalized spacial score (nSPS) is 15.8. The fourth-order valence-corrected chi connectivity index (χ4v) is 1.85. The summed E-state index contributed by atoms with van der Waals surface area (Å²) in [5, 5.41) is 3.35. The molecule has 0 amide bonds. The van der Waals surface area contributed by atoms with Gasteiger partial charge >= 0.3 is 33.4 Å². The van der Waals surface area contributed by atoms with Crippen molar-refractivity contribution >= 4 is 16.1 Å². The maximum atomic E-state index is 13.2. The van der Waals surface area contributed by atoms with Gasteiger partial charge in [0.05, 0.1) is 25.4 Å². The molecule has 0 spiro atoms. The predicted octanol–water partition coefficient (Wildman–Crippen LogP) is 2.31. The fourth-order valence-electron chi connectivity index (χ4n) is 1.38. The summed E-state index contributed by atoms with van der Waals surface area (Å²) >= 11 is 0. The van der Waals surface area contributed by atoms with E-state index in [4.69, 9.17) is 9.66 Å². The van der Waals surface area contributed by atoms with E-state index >= 15 is 0 Å². The molecule has 28 heavy (non-hydrogen) atoms. The van der Waals surface area contributed by atoms with Gasteiger partial charge in [-0.05, 0) is 6.92 Å². The van der Waals surface area contributed by atoms with E-state index in [0.717, 1.165) is 0 Å². The van der Waals surface area contributed by atoms with Crippen molar-refractivity contribution in [3.05, 3.63) is 12.2 Å². The largest absolute Gasteiger partial charge is 0.462 e. The van der Waals surface area contributed by atoms with Crippen molar-refractivity contribution in [2.75, 3.05) is 19.8 Å². The number of hydrogen-bond acceptors (Lipinski definition) is 6. The molecule has 0 saturated carbocycles. The lowest BCUT2D eigenvalue weighted by Gasteiger charge is -2.25. The number of carbonyl (C=O) groups excluding carboxylic acids is 1. The molecule has 0 rings (SSSR count). The number of ether oxygens (including phenoxy) is 2. The van der Waals surface area contributed by atoms with Crippen LogP contribution in [-0.2, 0) is 24.4 Å². The highest BCUT2D eigenvalue weighted by atomic mass is 32.2. The van der Waals surface area contributed by atoms with E-state index in [1.807, 2.05) is 0 Å². The highest BCUT2D eigenvalue weighted by Gasteiger charge is 2.65. The third-order valence-corrected chi connectivity index (χ3v) is 4.25. The van der Waals surface area contributed by atoms with Crippen LogP contribution in [0.2, 0.25) is 0 Å². The molecule has 0 bridgehead atoms. The number of halogens is 7. The maximum absolute atomic E-state index is 13.2. The maximum Gasteiger partial charge on any atom is 0.431 e. The summed E-state index contributed by atoms with van der Waals surface area (Å²) in [5.41, 5.74) is -3.70. The van der Waals surface area contributed by atoms with E-state index in [1.165, 1.54) is 0 Å². The van der Waals surface area contributed by atoms with Gasteiger partial charge in [0.2, 0.25) is 0 Å². The lowest BCUT2D eigenvalue weighted by atomic mass is 10.0. The van der Waals surface area contributed by atoms with Gasteiger partial charge in [-0.1, -0.05) is 6.58 Å². The molecule has 0 saturated heterocycles. The minimum Gasteiger partial charge on any atom is -0.462 e. The second-order valence-corrected chi connectivity index (χ2v) is 7.22. The standard InChI is InChI=1S/C13H17F7O7S/c1-8(9(21)27-6-3-10(2,22)12(16,17)18)7-26-5-4-11(14,15)13(19,20)28(23,24)25/h22H,1,3-7H2,2H3,(H,23,24,25). The highest BCUT2D eigenvalue weighted by molar-refractivity contribution is 7.87. The van der Waals surface area contributed by atoms with Crippen LogP contribution in [0.25, 0.3) is 0 Å². The second-order valence-electron chi connectivity index (χ2n) is 5.76. The van der Waals surface area contributed by atoms with Crippen LogP contribution in [0, 0.1) is 0 Å². The fraction of sp³-hybridized carbons (Fsp3) is 0.769. The molecule has 1 unspecified atom stereocenters. The number of esters is 1. The zero-order valence-corrected chi connectivity index (χ0v) is 15.0. The topological polar surface area (TPSA) is 110 Å². The van der Waals surface area contributed by atoms with Gasteiger partial charge < -0.3 is 14.6 Å². The van der Waals surface area contributed by atoms with Gasteiger partial charge in [0.25, 0.3) is 0 Å². The van der Waals surface area contributed by atoms with Crippen molar-refractivity contribution < 1.29 is 63.1 Å². The summed E-state index contributed by atoms with van der Waals surface area (Å²) in [6.45, 7) is 0.626. The van der Waals surface area contributed by atoms with E-state index in [1.54, 1.807) is 0 Å². The van der Waals surface area contributed by atoms with Crippen LogP contribution in [0.3, 0.4) is 0 Å². The molecular formula is C13H17F7O7S. The second kappa shape index (κ2) is 8.92. The molecule has 0 aromatic heterocycles. The Bertz CT molecular complexity index is 671. The summed E-state index contributed by atoms with van der Waals surface area (Å²) < 4.78 is 127. The first kappa shape index (κ1) is 26.6. The first-order valence-corrected chi connectivity index (χ1v) is 8.65. The first-order valence-electron chi connectivity index (χ1n) is 7.21. The minimum atomic E-state index is -6.39. The van der Waals surface area contributed by atoms with E-state index < -0.39 is 77.3 Å². The van der Waals surface area contributed by atoms with Crippen LogP contribution in [-0.4, -0.2) is 66.8 Å². The molecule has 1 atom stereocenters. The van der Waals surface area contributed by atoms with Gasteiger partial charge in [0.1, 0.15) is 0 Å². The molecule has 2 N–H and O–H groups in total. The molecule has 166 valence electrons. The quantitative estimate of drug-likeness (QED) is 0.163. The Morgan fingerprint density at radius 1 is 1.04 bits per heavy atom. The molecule has 0 aliphatic carbocycles. The summed E-state index contributed by atoms with van der Waals surface area (Å²) in [6.07, 6.45) is -7.83. The average Bonchev–Trinajstić information content (AvgIpc) is 2.48. The van der Waals surface area contributed by atoms with Crippen molar-refractivity contribution in [1.29, 1.82) is 0 Å². The molecule has 0 aliphatic heterocycles. The van der Waals surface area contributed by atoms with Gasteiger partial charge in [-0.3, -0.25) is 4.55 Å². The zero-order valence-electron chi connectivity index (χ0n) is 14.2. The zero-order chi connectivity index (χ0) is 22.6. The van der Waals surface area contributed by atoms with Gasteiger partial charge in [0.15, 0.2) is 5.60 Å². The smallest absolute Gasteiger partial charge is 0.431 e. The molecule has 0 aromatic rings. The van der Waals surface area contributed by atoms with Crippen LogP contribution >= 0.6 is 0 Å². The molecule has 7 nitrogen and oxygen atoms in total.